The van der Waals surface area contributed by atoms with Crippen molar-refractivity contribution < 1.29 is 4.79 Å². The molecule has 1 aliphatic heterocycles. The summed E-state index contributed by atoms with van der Waals surface area (Å²) in [6, 6.07) is 0. The summed E-state index contributed by atoms with van der Waals surface area (Å²) in [4.78, 5) is 18.6. The van der Waals surface area contributed by atoms with E-state index in [2.05, 4.69) is 17.2 Å². The zero-order chi connectivity index (χ0) is 13.1. The SMILES string of the molecule is CC1CCc2sc3nc(=S)n4c(c3c2C1)NC(=O)C4. The van der Waals surface area contributed by atoms with Gasteiger partial charge in [0, 0.05) is 4.88 Å². The van der Waals surface area contributed by atoms with Crippen LogP contribution >= 0.6 is 23.6 Å². The summed E-state index contributed by atoms with van der Waals surface area (Å²) in [5.74, 6) is 1.57. The third kappa shape index (κ3) is 1.59. The molecule has 0 saturated carbocycles. The fourth-order valence-corrected chi connectivity index (χ4v) is 4.56. The average molecular weight is 291 g/mol. The van der Waals surface area contributed by atoms with Crippen LogP contribution in [0.1, 0.15) is 23.8 Å². The van der Waals surface area contributed by atoms with Crippen LogP contribution in [0.3, 0.4) is 0 Å². The van der Waals surface area contributed by atoms with Crippen LogP contribution in [0.15, 0.2) is 0 Å². The highest BCUT2D eigenvalue weighted by atomic mass is 32.1. The van der Waals surface area contributed by atoms with Crippen molar-refractivity contribution in [3.8, 4) is 0 Å². The molecular weight excluding hydrogens is 278 g/mol. The molecule has 3 heterocycles. The number of aryl methyl sites for hydroxylation is 1. The van der Waals surface area contributed by atoms with Crippen LogP contribution in [-0.2, 0) is 24.2 Å². The third-order valence-corrected chi connectivity index (χ3v) is 5.48. The van der Waals surface area contributed by atoms with E-state index in [-0.39, 0.29) is 5.91 Å². The summed E-state index contributed by atoms with van der Waals surface area (Å²) >= 11 is 7.03. The maximum atomic E-state index is 11.6. The van der Waals surface area contributed by atoms with Crippen LogP contribution in [-0.4, -0.2) is 15.5 Å². The Balaban J connectivity index is 2.08. The van der Waals surface area contributed by atoms with E-state index in [1.54, 1.807) is 11.3 Å². The van der Waals surface area contributed by atoms with E-state index in [1.807, 2.05) is 4.57 Å². The lowest BCUT2D eigenvalue weighted by molar-refractivity contribution is -0.115. The Kier molecular flexibility index (Phi) is 2.35. The molecule has 4 rings (SSSR count). The molecule has 1 atom stereocenters. The number of nitrogens with one attached hydrogen (secondary N) is 1. The van der Waals surface area contributed by atoms with Gasteiger partial charge in [0.2, 0.25) is 10.7 Å². The number of hydrogen-bond acceptors (Lipinski definition) is 4. The number of carbonyl (C=O) groups excluding carboxylic acids is 1. The standard InChI is InChI=1S/C13H13N3OS2/c1-6-2-3-8-7(4-6)10-11-14-9(17)5-16(11)13(18)15-12(10)19-8/h6H,2-5H2,1H3,(H,14,17). The number of rotatable bonds is 0. The minimum absolute atomic E-state index is 0.00390. The van der Waals surface area contributed by atoms with E-state index in [4.69, 9.17) is 12.2 Å². The smallest absolute Gasteiger partial charge is 0.245 e. The molecule has 4 nitrogen and oxygen atoms in total. The molecule has 0 fully saturated rings. The zero-order valence-electron chi connectivity index (χ0n) is 10.5. The van der Waals surface area contributed by atoms with Gasteiger partial charge in [-0.3, -0.25) is 9.36 Å². The van der Waals surface area contributed by atoms with Crippen molar-refractivity contribution in [1.82, 2.24) is 9.55 Å². The Morgan fingerprint density at radius 2 is 2.37 bits per heavy atom. The number of nitrogens with zero attached hydrogens (tertiary/aromatic N) is 2. The number of aromatic nitrogens is 2. The van der Waals surface area contributed by atoms with E-state index in [0.29, 0.717) is 17.2 Å². The van der Waals surface area contributed by atoms with Gasteiger partial charge in [-0.1, -0.05) is 6.92 Å². The second kappa shape index (κ2) is 3.86. The van der Waals surface area contributed by atoms with Gasteiger partial charge in [-0.2, -0.15) is 0 Å². The number of fused-ring (bicyclic) bond motifs is 5. The van der Waals surface area contributed by atoms with Gasteiger partial charge in [0.05, 0.1) is 5.39 Å². The minimum Gasteiger partial charge on any atom is -0.310 e. The first-order chi connectivity index (χ1) is 9.13. The van der Waals surface area contributed by atoms with Gasteiger partial charge in [-0.25, -0.2) is 4.98 Å². The van der Waals surface area contributed by atoms with Crippen molar-refractivity contribution >= 4 is 45.5 Å². The van der Waals surface area contributed by atoms with E-state index in [1.165, 1.54) is 16.9 Å². The molecule has 0 aromatic carbocycles. The molecule has 0 saturated heterocycles. The molecule has 0 spiro atoms. The van der Waals surface area contributed by atoms with Crippen molar-refractivity contribution in [2.45, 2.75) is 32.7 Å². The molecule has 1 N–H and O–H groups in total. The second-order valence-electron chi connectivity index (χ2n) is 5.41. The molecule has 98 valence electrons. The Bertz CT molecular complexity index is 774. The zero-order valence-corrected chi connectivity index (χ0v) is 12.2. The first-order valence-electron chi connectivity index (χ1n) is 6.48. The fraction of sp³-hybridized carbons (Fsp3) is 0.462. The van der Waals surface area contributed by atoms with Crippen molar-refractivity contribution in [3.05, 3.63) is 15.2 Å². The Labute approximate surface area is 119 Å². The molecule has 19 heavy (non-hydrogen) atoms. The van der Waals surface area contributed by atoms with E-state index >= 15 is 0 Å². The quantitative estimate of drug-likeness (QED) is 0.759. The molecule has 2 aliphatic rings. The lowest BCUT2D eigenvalue weighted by Gasteiger charge is -2.18. The van der Waals surface area contributed by atoms with Crippen LogP contribution in [0.25, 0.3) is 10.2 Å². The summed E-state index contributed by atoms with van der Waals surface area (Å²) in [5, 5.41) is 4.09. The number of thiophene rings is 1. The fourth-order valence-electron chi connectivity index (χ4n) is 3.04. The van der Waals surface area contributed by atoms with E-state index in [0.717, 1.165) is 28.9 Å². The first-order valence-corrected chi connectivity index (χ1v) is 7.71. The van der Waals surface area contributed by atoms with Gasteiger partial charge in [0.15, 0.2) is 0 Å². The Morgan fingerprint density at radius 1 is 1.53 bits per heavy atom. The van der Waals surface area contributed by atoms with Gasteiger partial charge in [0.1, 0.15) is 17.2 Å². The van der Waals surface area contributed by atoms with Crippen LogP contribution in [0.2, 0.25) is 0 Å². The van der Waals surface area contributed by atoms with Gasteiger partial charge >= 0.3 is 0 Å². The van der Waals surface area contributed by atoms with Gasteiger partial charge in [-0.05, 0) is 43.0 Å². The van der Waals surface area contributed by atoms with Crippen LogP contribution in [0, 0.1) is 10.7 Å². The first kappa shape index (κ1) is 11.5. The molecule has 1 amide bonds. The lowest BCUT2D eigenvalue weighted by atomic mass is 9.88. The predicted molar refractivity (Wildman–Crippen MR) is 78.3 cm³/mol. The van der Waals surface area contributed by atoms with Gasteiger partial charge < -0.3 is 5.32 Å². The summed E-state index contributed by atoms with van der Waals surface area (Å²) in [5.41, 5.74) is 1.38. The third-order valence-electron chi connectivity index (χ3n) is 3.98. The minimum atomic E-state index is 0.00390. The van der Waals surface area contributed by atoms with Gasteiger partial charge in [0.25, 0.3) is 0 Å². The van der Waals surface area contributed by atoms with Crippen LogP contribution in [0.5, 0.6) is 0 Å². The largest absolute Gasteiger partial charge is 0.310 e. The Morgan fingerprint density at radius 3 is 3.21 bits per heavy atom. The molecule has 0 bridgehead atoms. The topological polar surface area (TPSA) is 46.9 Å². The maximum Gasteiger partial charge on any atom is 0.245 e. The summed E-state index contributed by atoms with van der Waals surface area (Å²) in [6.45, 7) is 2.59. The van der Waals surface area contributed by atoms with E-state index in [9.17, 15) is 4.79 Å². The Hall–Kier alpha value is -1.27. The molecule has 2 aromatic rings. The highest BCUT2D eigenvalue weighted by Crippen LogP contribution is 2.41. The van der Waals surface area contributed by atoms with E-state index < -0.39 is 0 Å². The van der Waals surface area contributed by atoms with Crippen molar-refractivity contribution in [2.24, 2.45) is 5.92 Å². The molecule has 6 heteroatoms. The molecule has 1 aliphatic carbocycles. The average Bonchev–Trinajstić information content (AvgIpc) is 2.89. The van der Waals surface area contributed by atoms with Crippen LogP contribution in [0.4, 0.5) is 5.82 Å². The summed E-state index contributed by atoms with van der Waals surface area (Å²) < 4.78 is 2.33. The number of anilines is 1. The van der Waals surface area contributed by atoms with Crippen molar-refractivity contribution in [1.29, 1.82) is 0 Å². The van der Waals surface area contributed by atoms with Crippen molar-refractivity contribution in [3.63, 3.8) is 0 Å². The number of hydrogen-bond donors (Lipinski definition) is 1. The predicted octanol–water partition coefficient (Wildman–Crippen LogP) is 2.90. The molecule has 2 aromatic heterocycles. The maximum absolute atomic E-state index is 11.6. The summed E-state index contributed by atoms with van der Waals surface area (Å²) in [7, 11) is 0. The number of carbonyl (C=O) groups is 1. The molecular formula is C13H13N3OS2. The number of amides is 1. The molecule has 0 radical (unpaired) electrons. The highest BCUT2D eigenvalue weighted by molar-refractivity contribution is 7.71. The lowest BCUT2D eigenvalue weighted by Crippen LogP contribution is -2.09. The van der Waals surface area contributed by atoms with Crippen LogP contribution < -0.4 is 5.32 Å². The monoisotopic (exact) mass is 291 g/mol. The highest BCUT2D eigenvalue weighted by Gasteiger charge is 2.28. The van der Waals surface area contributed by atoms with Crippen molar-refractivity contribution in [2.75, 3.05) is 5.32 Å². The normalized spacial score (nSPS) is 21.3. The molecule has 1 unspecified atom stereocenters. The second-order valence-corrected chi connectivity index (χ2v) is 6.86. The van der Waals surface area contributed by atoms with Gasteiger partial charge in [-0.15, -0.1) is 11.3 Å². The summed E-state index contributed by atoms with van der Waals surface area (Å²) in [6.07, 6.45) is 3.44.